The lowest BCUT2D eigenvalue weighted by molar-refractivity contribution is 0.0958. The van der Waals surface area contributed by atoms with Gasteiger partial charge in [-0.25, -0.2) is 9.78 Å². The number of amides is 3. The van der Waals surface area contributed by atoms with E-state index >= 15 is 0 Å². The smallest absolute Gasteiger partial charge is 0.330 e. The molecule has 1 aromatic heterocycles. The predicted octanol–water partition coefficient (Wildman–Crippen LogP) is 4.10. The van der Waals surface area contributed by atoms with Gasteiger partial charge in [-0.05, 0) is 57.9 Å². The molecule has 0 aliphatic carbocycles. The molecule has 2 fully saturated rings. The lowest BCUT2D eigenvalue weighted by Gasteiger charge is -2.38. The molecule has 3 amide bonds. The first-order chi connectivity index (χ1) is 16.9. The van der Waals surface area contributed by atoms with E-state index in [1.165, 1.54) is 0 Å². The number of rotatable bonds is 5. The number of aromatic nitrogens is 1. The van der Waals surface area contributed by atoms with Gasteiger partial charge in [-0.1, -0.05) is 26.5 Å². The molecule has 0 spiro atoms. The standard InChI is InChI=1S/C25H34N6O2.C2H6/c1-5-19-14-23(28-25(33)31(19)17(2)3)18-8-11-30(16-18)20-9-12-29(13-10-20)21-6-7-22(27-15-21)24(32)26-4;1-2/h5-7,14-15,18,20H,2,8-13,16H2,1,3-4H3,(H,26,32)(H,28,33);1-2H3/b19-5-;. The van der Waals surface area contributed by atoms with Gasteiger partial charge < -0.3 is 15.5 Å². The Bertz CT molecular complexity index is 976. The average Bonchev–Trinajstić information content (AvgIpc) is 3.39. The highest BCUT2D eigenvalue weighted by Crippen LogP contribution is 2.31. The van der Waals surface area contributed by atoms with E-state index < -0.39 is 0 Å². The number of carbonyl (C=O) groups excluding carboxylic acids is 2. The van der Waals surface area contributed by atoms with Gasteiger partial charge in [0.15, 0.2) is 0 Å². The molecule has 8 heteroatoms. The number of piperidine rings is 1. The minimum absolute atomic E-state index is 0.115. The fraction of sp³-hybridized carbons (Fsp3) is 0.519. The first-order valence-corrected chi connectivity index (χ1v) is 12.7. The van der Waals surface area contributed by atoms with E-state index in [9.17, 15) is 9.59 Å². The summed E-state index contributed by atoms with van der Waals surface area (Å²) >= 11 is 0. The number of pyridine rings is 1. The van der Waals surface area contributed by atoms with Crippen molar-refractivity contribution in [3.8, 4) is 0 Å². The van der Waals surface area contributed by atoms with Crippen molar-refractivity contribution in [3.63, 3.8) is 0 Å². The van der Waals surface area contributed by atoms with E-state index in [1.54, 1.807) is 24.2 Å². The maximum Gasteiger partial charge on any atom is 0.330 e. The largest absolute Gasteiger partial charge is 0.370 e. The molecule has 4 rings (SSSR count). The monoisotopic (exact) mass is 480 g/mol. The number of hydrogen-bond donors (Lipinski definition) is 2. The highest BCUT2D eigenvalue weighted by molar-refractivity contribution is 5.92. The Labute approximate surface area is 209 Å². The number of carbonyl (C=O) groups is 2. The summed E-state index contributed by atoms with van der Waals surface area (Å²) in [5.74, 6) is 0.178. The van der Waals surface area contributed by atoms with Crippen molar-refractivity contribution in [2.24, 2.45) is 5.92 Å². The van der Waals surface area contributed by atoms with Gasteiger partial charge in [0.05, 0.1) is 11.9 Å². The zero-order chi connectivity index (χ0) is 25.5. The van der Waals surface area contributed by atoms with Crippen molar-refractivity contribution in [2.45, 2.75) is 53.0 Å². The van der Waals surface area contributed by atoms with Crippen LogP contribution in [-0.2, 0) is 0 Å². The summed E-state index contributed by atoms with van der Waals surface area (Å²) in [7, 11) is 1.61. The molecule has 1 aromatic rings. The molecule has 1 atom stereocenters. The molecule has 1 unspecified atom stereocenters. The molecular weight excluding hydrogens is 440 g/mol. The summed E-state index contributed by atoms with van der Waals surface area (Å²) < 4.78 is 0. The summed E-state index contributed by atoms with van der Waals surface area (Å²) in [6.45, 7) is 15.7. The summed E-state index contributed by atoms with van der Waals surface area (Å²) in [6.07, 6.45) is 9.11. The molecule has 2 saturated heterocycles. The maximum absolute atomic E-state index is 12.6. The van der Waals surface area contributed by atoms with Crippen molar-refractivity contribution in [1.82, 2.24) is 25.4 Å². The van der Waals surface area contributed by atoms with Crippen LogP contribution in [0.4, 0.5) is 10.5 Å². The van der Waals surface area contributed by atoms with Gasteiger partial charge in [0, 0.05) is 55.7 Å². The number of likely N-dealkylation sites (tertiary alicyclic amines) is 1. The van der Waals surface area contributed by atoms with Crippen LogP contribution in [0.25, 0.3) is 0 Å². The Morgan fingerprint density at radius 3 is 2.49 bits per heavy atom. The van der Waals surface area contributed by atoms with Crippen LogP contribution >= 0.6 is 0 Å². The predicted molar refractivity (Wildman–Crippen MR) is 141 cm³/mol. The van der Waals surface area contributed by atoms with Crippen molar-refractivity contribution in [1.29, 1.82) is 0 Å². The van der Waals surface area contributed by atoms with Crippen LogP contribution in [0.3, 0.4) is 0 Å². The molecule has 0 saturated carbocycles. The lowest BCUT2D eigenvalue weighted by atomic mass is 10.0. The molecule has 2 N–H and O–H groups in total. The molecule has 0 radical (unpaired) electrons. The first-order valence-electron chi connectivity index (χ1n) is 12.7. The Morgan fingerprint density at radius 2 is 1.91 bits per heavy atom. The van der Waals surface area contributed by atoms with Gasteiger partial charge in [-0.3, -0.25) is 14.6 Å². The Morgan fingerprint density at radius 1 is 1.20 bits per heavy atom. The summed E-state index contributed by atoms with van der Waals surface area (Å²) in [5.41, 5.74) is 4.14. The number of anilines is 1. The third-order valence-electron chi connectivity index (χ3n) is 6.91. The molecule has 0 aromatic carbocycles. The van der Waals surface area contributed by atoms with Crippen LogP contribution in [-0.4, -0.2) is 66.0 Å². The fourth-order valence-electron chi connectivity index (χ4n) is 5.08. The average molecular weight is 481 g/mol. The SMILES string of the molecule is C=C(C)N1C(=O)NC(C2CCN(C3CCN(c4ccc(C(=O)NC)nc4)CC3)C2)=C/C1=C/C.CC. The van der Waals surface area contributed by atoms with Crippen LogP contribution in [0, 0.1) is 5.92 Å². The van der Waals surface area contributed by atoms with Gasteiger partial charge in [-0.15, -0.1) is 0 Å². The van der Waals surface area contributed by atoms with Gasteiger partial charge in [0.25, 0.3) is 5.91 Å². The summed E-state index contributed by atoms with van der Waals surface area (Å²) in [5, 5.41) is 5.70. The molecule has 0 bridgehead atoms. The highest BCUT2D eigenvalue weighted by Gasteiger charge is 2.35. The molecule has 4 heterocycles. The lowest BCUT2D eigenvalue weighted by Crippen LogP contribution is -2.45. The zero-order valence-corrected chi connectivity index (χ0v) is 21.8. The van der Waals surface area contributed by atoms with E-state index in [0.717, 1.165) is 62.5 Å². The minimum atomic E-state index is -0.165. The van der Waals surface area contributed by atoms with E-state index in [-0.39, 0.29) is 11.9 Å². The maximum atomic E-state index is 12.6. The summed E-state index contributed by atoms with van der Waals surface area (Å²) in [4.78, 5) is 35.2. The number of urea groups is 1. The Balaban J connectivity index is 0.00000167. The third-order valence-corrected chi connectivity index (χ3v) is 6.91. The number of nitrogens with zero attached hydrogens (tertiary/aromatic N) is 4. The number of hydrogen-bond acceptors (Lipinski definition) is 5. The highest BCUT2D eigenvalue weighted by atomic mass is 16.2. The molecular formula is C27H40N6O2. The Kier molecular flexibility index (Phi) is 9.09. The van der Waals surface area contributed by atoms with Gasteiger partial charge >= 0.3 is 6.03 Å². The van der Waals surface area contributed by atoms with Crippen LogP contribution in [0.2, 0.25) is 0 Å². The third kappa shape index (κ3) is 5.93. The first kappa shape index (κ1) is 26.5. The van der Waals surface area contributed by atoms with Gasteiger partial charge in [0.1, 0.15) is 5.69 Å². The summed E-state index contributed by atoms with van der Waals surface area (Å²) in [6, 6.07) is 4.20. The van der Waals surface area contributed by atoms with Crippen LogP contribution in [0.5, 0.6) is 0 Å². The zero-order valence-electron chi connectivity index (χ0n) is 21.8. The van der Waals surface area contributed by atoms with Crippen molar-refractivity contribution < 1.29 is 9.59 Å². The molecule has 35 heavy (non-hydrogen) atoms. The van der Waals surface area contributed by atoms with Crippen molar-refractivity contribution >= 4 is 17.6 Å². The molecule has 8 nitrogen and oxygen atoms in total. The van der Waals surface area contributed by atoms with E-state index in [1.807, 2.05) is 39.8 Å². The topological polar surface area (TPSA) is 80.8 Å². The molecule has 3 aliphatic rings. The van der Waals surface area contributed by atoms with Crippen molar-refractivity contribution in [3.05, 3.63) is 59.8 Å². The second kappa shape index (κ2) is 12.0. The second-order valence-electron chi connectivity index (χ2n) is 8.99. The quantitative estimate of drug-likeness (QED) is 0.663. The Hall–Kier alpha value is -3.13. The van der Waals surface area contributed by atoms with E-state index in [0.29, 0.717) is 23.4 Å². The van der Waals surface area contributed by atoms with Gasteiger partial charge in [-0.2, -0.15) is 0 Å². The van der Waals surface area contributed by atoms with Crippen LogP contribution in [0.1, 0.15) is 57.4 Å². The second-order valence-corrected chi connectivity index (χ2v) is 8.99. The molecule has 3 aliphatic heterocycles. The minimum Gasteiger partial charge on any atom is -0.370 e. The van der Waals surface area contributed by atoms with Crippen LogP contribution < -0.4 is 15.5 Å². The van der Waals surface area contributed by atoms with E-state index in [4.69, 9.17) is 0 Å². The van der Waals surface area contributed by atoms with Crippen molar-refractivity contribution in [2.75, 3.05) is 38.1 Å². The van der Waals surface area contributed by atoms with Crippen LogP contribution in [0.15, 0.2) is 54.2 Å². The normalized spacial score (nSPS) is 22.3. The number of allylic oxidation sites excluding steroid dienone is 3. The number of nitrogens with one attached hydrogen (secondary N) is 2. The fourth-order valence-corrected chi connectivity index (χ4v) is 5.08. The molecule has 190 valence electrons. The van der Waals surface area contributed by atoms with Gasteiger partial charge in [0.2, 0.25) is 0 Å². The van der Waals surface area contributed by atoms with E-state index in [2.05, 4.69) is 38.1 Å².